The summed E-state index contributed by atoms with van der Waals surface area (Å²) in [6, 6.07) is 0. The third-order valence-electron chi connectivity index (χ3n) is 1.85. The van der Waals surface area contributed by atoms with Gasteiger partial charge in [0.2, 0.25) is 5.91 Å². The normalized spacial score (nSPS) is 9.82. The molecule has 0 atom stereocenters. The first-order chi connectivity index (χ1) is 7.88. The van der Waals surface area contributed by atoms with Crippen LogP contribution in [0.3, 0.4) is 0 Å². The van der Waals surface area contributed by atoms with Gasteiger partial charge < -0.3 is 5.11 Å². The first-order valence-electron chi connectivity index (χ1n) is 5.02. The molecule has 0 aliphatic rings. The number of aryl methyl sites for hydroxylation is 1. The molecule has 1 aromatic heterocycles. The molecule has 92 valence electrons. The molecule has 1 heterocycles. The number of allylic oxidation sites excluding steroid dienone is 1. The fraction of sp³-hybridized carbons (Fsp3) is 0.364. The van der Waals surface area contributed by atoms with Crippen molar-refractivity contribution in [3.63, 3.8) is 0 Å². The minimum absolute atomic E-state index is 0.0674. The second-order valence-corrected chi connectivity index (χ2v) is 4.89. The topological polar surface area (TPSA) is 79.3 Å². The predicted molar refractivity (Wildman–Crippen MR) is 66.3 cm³/mol. The molecular weight excluding hydrogens is 240 g/mol. The summed E-state index contributed by atoms with van der Waals surface area (Å²) in [6.07, 6.45) is 1.40. The summed E-state index contributed by atoms with van der Waals surface area (Å²) in [5, 5.41) is 11.7. The number of carboxylic acid groups (broad SMARTS) is 1. The van der Waals surface area contributed by atoms with E-state index in [0.29, 0.717) is 15.7 Å². The standard InChI is InChI=1S/C11H14N2O3S/c1-6(2)4-9(14)13-11-12-7(3)8(17-11)5-10(15)16/h4H,5H2,1-3H3,(H,15,16)(H,12,13,14). The highest BCUT2D eigenvalue weighted by Gasteiger charge is 2.11. The number of carboxylic acids is 1. The monoisotopic (exact) mass is 254 g/mol. The number of anilines is 1. The summed E-state index contributed by atoms with van der Waals surface area (Å²) in [4.78, 5) is 26.8. The third kappa shape index (κ3) is 4.36. The summed E-state index contributed by atoms with van der Waals surface area (Å²) >= 11 is 1.19. The summed E-state index contributed by atoms with van der Waals surface area (Å²) in [6.45, 7) is 5.37. The number of carbonyl (C=O) groups excluding carboxylic acids is 1. The summed E-state index contributed by atoms with van der Waals surface area (Å²) in [5.74, 6) is -1.15. The van der Waals surface area contributed by atoms with Crippen molar-refractivity contribution in [2.45, 2.75) is 27.2 Å². The van der Waals surface area contributed by atoms with Crippen LogP contribution in [-0.4, -0.2) is 22.0 Å². The molecule has 5 nitrogen and oxygen atoms in total. The Morgan fingerprint density at radius 1 is 1.47 bits per heavy atom. The van der Waals surface area contributed by atoms with E-state index in [1.54, 1.807) is 6.92 Å². The lowest BCUT2D eigenvalue weighted by molar-refractivity contribution is -0.136. The Balaban J connectivity index is 2.77. The van der Waals surface area contributed by atoms with Gasteiger partial charge >= 0.3 is 5.97 Å². The zero-order valence-corrected chi connectivity index (χ0v) is 10.7. The molecule has 0 bridgehead atoms. The van der Waals surface area contributed by atoms with Crippen LogP contribution in [0.1, 0.15) is 24.4 Å². The Morgan fingerprint density at radius 2 is 2.12 bits per heavy atom. The fourth-order valence-corrected chi connectivity index (χ4v) is 2.14. The maximum absolute atomic E-state index is 11.4. The highest BCUT2D eigenvalue weighted by Crippen LogP contribution is 2.23. The maximum atomic E-state index is 11.4. The fourth-order valence-electron chi connectivity index (χ4n) is 1.19. The first kappa shape index (κ1) is 13.4. The Kier molecular flexibility index (Phi) is 4.39. The van der Waals surface area contributed by atoms with Gasteiger partial charge in [-0.3, -0.25) is 14.9 Å². The van der Waals surface area contributed by atoms with Crippen LogP contribution in [0.4, 0.5) is 5.13 Å². The van der Waals surface area contributed by atoms with E-state index in [1.807, 2.05) is 13.8 Å². The van der Waals surface area contributed by atoms with Crippen molar-refractivity contribution in [2.75, 3.05) is 5.32 Å². The number of nitrogens with zero attached hydrogens (tertiary/aromatic N) is 1. The molecule has 0 radical (unpaired) electrons. The molecule has 0 aliphatic carbocycles. The van der Waals surface area contributed by atoms with Gasteiger partial charge in [-0.25, -0.2) is 4.98 Å². The average molecular weight is 254 g/mol. The number of nitrogens with one attached hydrogen (secondary N) is 1. The molecule has 17 heavy (non-hydrogen) atoms. The van der Waals surface area contributed by atoms with Crippen LogP contribution in [-0.2, 0) is 16.0 Å². The highest BCUT2D eigenvalue weighted by atomic mass is 32.1. The number of aliphatic carboxylic acids is 1. The minimum Gasteiger partial charge on any atom is -0.481 e. The number of amides is 1. The molecule has 1 rings (SSSR count). The molecule has 6 heteroatoms. The van der Waals surface area contributed by atoms with Gasteiger partial charge in [0.15, 0.2) is 5.13 Å². The van der Waals surface area contributed by atoms with Crippen molar-refractivity contribution in [2.24, 2.45) is 0 Å². The number of rotatable bonds is 4. The summed E-state index contributed by atoms with van der Waals surface area (Å²) < 4.78 is 0. The number of aromatic nitrogens is 1. The molecule has 1 aromatic rings. The molecule has 0 aliphatic heterocycles. The Hall–Kier alpha value is -1.69. The second kappa shape index (κ2) is 5.58. The molecule has 1 amide bonds. The van der Waals surface area contributed by atoms with Crippen LogP contribution >= 0.6 is 11.3 Å². The largest absolute Gasteiger partial charge is 0.481 e. The van der Waals surface area contributed by atoms with E-state index in [4.69, 9.17) is 5.11 Å². The molecule has 0 aromatic carbocycles. The smallest absolute Gasteiger partial charge is 0.308 e. The minimum atomic E-state index is -0.904. The SMILES string of the molecule is CC(C)=CC(=O)Nc1nc(C)c(CC(=O)O)s1. The van der Waals surface area contributed by atoms with E-state index in [-0.39, 0.29) is 12.3 Å². The maximum Gasteiger partial charge on any atom is 0.308 e. The number of hydrogen-bond acceptors (Lipinski definition) is 4. The summed E-state index contributed by atoms with van der Waals surface area (Å²) in [5.41, 5.74) is 1.53. The van der Waals surface area contributed by atoms with Crippen LogP contribution in [0.25, 0.3) is 0 Å². The summed E-state index contributed by atoms with van der Waals surface area (Å²) in [7, 11) is 0. The molecular formula is C11H14N2O3S. The zero-order chi connectivity index (χ0) is 13.0. The van der Waals surface area contributed by atoms with Crippen LogP contribution < -0.4 is 5.32 Å². The second-order valence-electron chi connectivity index (χ2n) is 3.81. The van der Waals surface area contributed by atoms with Crippen LogP contribution in [0.15, 0.2) is 11.6 Å². The van der Waals surface area contributed by atoms with E-state index >= 15 is 0 Å². The number of thiazole rings is 1. The Morgan fingerprint density at radius 3 is 2.65 bits per heavy atom. The van der Waals surface area contributed by atoms with Gasteiger partial charge in [-0.05, 0) is 20.8 Å². The van der Waals surface area contributed by atoms with Gasteiger partial charge in [0.25, 0.3) is 0 Å². The van der Waals surface area contributed by atoms with E-state index in [0.717, 1.165) is 5.57 Å². The van der Waals surface area contributed by atoms with Crippen LogP contribution in [0, 0.1) is 6.92 Å². The van der Waals surface area contributed by atoms with Crippen molar-refractivity contribution in [1.82, 2.24) is 4.98 Å². The molecule has 0 fully saturated rings. The Labute approximate surface area is 103 Å². The van der Waals surface area contributed by atoms with Crippen molar-refractivity contribution < 1.29 is 14.7 Å². The lowest BCUT2D eigenvalue weighted by Crippen LogP contribution is -2.07. The molecule has 2 N–H and O–H groups in total. The number of hydrogen-bond donors (Lipinski definition) is 2. The van der Waals surface area contributed by atoms with Gasteiger partial charge in [-0.1, -0.05) is 5.57 Å². The quantitative estimate of drug-likeness (QED) is 0.805. The highest BCUT2D eigenvalue weighted by molar-refractivity contribution is 7.16. The lowest BCUT2D eigenvalue weighted by atomic mass is 10.3. The van der Waals surface area contributed by atoms with Crippen LogP contribution in [0.2, 0.25) is 0 Å². The van der Waals surface area contributed by atoms with Crippen molar-refractivity contribution >= 4 is 28.3 Å². The molecule has 0 spiro atoms. The van der Waals surface area contributed by atoms with Gasteiger partial charge in [0.05, 0.1) is 12.1 Å². The van der Waals surface area contributed by atoms with Gasteiger partial charge in [0.1, 0.15) is 0 Å². The lowest BCUT2D eigenvalue weighted by Gasteiger charge is -1.95. The van der Waals surface area contributed by atoms with Crippen molar-refractivity contribution in [3.05, 3.63) is 22.2 Å². The number of carbonyl (C=O) groups is 2. The average Bonchev–Trinajstić information content (AvgIpc) is 2.43. The molecule has 0 saturated carbocycles. The van der Waals surface area contributed by atoms with Crippen molar-refractivity contribution in [3.8, 4) is 0 Å². The third-order valence-corrected chi connectivity index (χ3v) is 2.93. The molecule has 0 saturated heterocycles. The van der Waals surface area contributed by atoms with E-state index in [2.05, 4.69) is 10.3 Å². The van der Waals surface area contributed by atoms with Gasteiger partial charge in [0, 0.05) is 11.0 Å². The van der Waals surface area contributed by atoms with E-state index in [1.165, 1.54) is 17.4 Å². The van der Waals surface area contributed by atoms with Gasteiger partial charge in [-0.2, -0.15) is 0 Å². The van der Waals surface area contributed by atoms with E-state index in [9.17, 15) is 9.59 Å². The van der Waals surface area contributed by atoms with Crippen molar-refractivity contribution in [1.29, 1.82) is 0 Å². The first-order valence-corrected chi connectivity index (χ1v) is 5.84. The zero-order valence-electron chi connectivity index (χ0n) is 9.90. The van der Waals surface area contributed by atoms with Crippen LogP contribution in [0.5, 0.6) is 0 Å². The predicted octanol–water partition coefficient (Wildman–Crippen LogP) is 1.98. The Bertz CT molecular complexity index is 473. The molecule has 0 unspecified atom stereocenters. The van der Waals surface area contributed by atoms with E-state index < -0.39 is 5.97 Å². The van der Waals surface area contributed by atoms with Gasteiger partial charge in [-0.15, -0.1) is 11.3 Å².